The predicted octanol–water partition coefficient (Wildman–Crippen LogP) is 1.77. The zero-order valence-corrected chi connectivity index (χ0v) is 9.26. The van der Waals surface area contributed by atoms with E-state index in [1.165, 1.54) is 0 Å². The van der Waals surface area contributed by atoms with E-state index >= 15 is 0 Å². The summed E-state index contributed by atoms with van der Waals surface area (Å²) in [5, 5.41) is 0. The highest BCUT2D eigenvalue weighted by Gasteiger charge is 2.04. The van der Waals surface area contributed by atoms with E-state index in [2.05, 4.69) is 9.88 Å². The lowest BCUT2D eigenvalue weighted by molar-refractivity contribution is 0.507. The Bertz CT molecular complexity index is 422. The molecule has 0 spiro atoms. The molecule has 0 radical (unpaired) electrons. The van der Waals surface area contributed by atoms with Crippen LogP contribution >= 0.6 is 0 Å². The van der Waals surface area contributed by atoms with Gasteiger partial charge in [0.25, 0.3) is 0 Å². The summed E-state index contributed by atoms with van der Waals surface area (Å²) in [5.41, 5.74) is 7.44. The van der Waals surface area contributed by atoms with Crippen molar-refractivity contribution < 1.29 is 4.42 Å². The molecule has 4 heteroatoms. The van der Waals surface area contributed by atoms with Crippen molar-refractivity contribution in [2.24, 2.45) is 5.73 Å². The van der Waals surface area contributed by atoms with Gasteiger partial charge in [0.05, 0.1) is 30.4 Å². The number of aromatic nitrogens is 1. The van der Waals surface area contributed by atoms with E-state index in [1.807, 2.05) is 37.5 Å². The third kappa shape index (κ3) is 2.41. The first kappa shape index (κ1) is 10.7. The highest BCUT2D eigenvalue weighted by Crippen LogP contribution is 2.14. The normalized spacial score (nSPS) is 10.4. The second-order valence-electron chi connectivity index (χ2n) is 3.65. The first-order chi connectivity index (χ1) is 7.79. The van der Waals surface area contributed by atoms with Crippen molar-refractivity contribution in [1.82, 2.24) is 4.98 Å². The number of rotatable bonds is 4. The summed E-state index contributed by atoms with van der Waals surface area (Å²) >= 11 is 0. The third-order valence-corrected chi connectivity index (χ3v) is 2.43. The summed E-state index contributed by atoms with van der Waals surface area (Å²) in [5.74, 6) is 0.936. The molecule has 0 aliphatic carbocycles. The molecule has 0 saturated carbocycles. The highest BCUT2D eigenvalue weighted by atomic mass is 16.3. The van der Waals surface area contributed by atoms with Gasteiger partial charge in [0, 0.05) is 13.6 Å². The molecule has 0 unspecified atom stereocenters. The Kier molecular flexibility index (Phi) is 3.22. The van der Waals surface area contributed by atoms with E-state index in [0.29, 0.717) is 6.54 Å². The van der Waals surface area contributed by atoms with E-state index in [0.717, 1.165) is 23.7 Å². The maximum atomic E-state index is 5.49. The summed E-state index contributed by atoms with van der Waals surface area (Å²) in [6, 6.07) is 7.79. The smallest absolute Gasteiger partial charge is 0.123 e. The maximum Gasteiger partial charge on any atom is 0.123 e. The molecule has 0 amide bonds. The van der Waals surface area contributed by atoms with Gasteiger partial charge in [-0.15, -0.1) is 0 Å². The topological polar surface area (TPSA) is 55.3 Å². The molecule has 2 aromatic heterocycles. The van der Waals surface area contributed by atoms with E-state index in [4.69, 9.17) is 10.2 Å². The average molecular weight is 217 g/mol. The number of nitrogens with two attached hydrogens (primary N) is 1. The molecule has 2 aromatic rings. The van der Waals surface area contributed by atoms with E-state index < -0.39 is 0 Å². The van der Waals surface area contributed by atoms with Crippen LogP contribution in [0.4, 0.5) is 5.69 Å². The molecule has 0 saturated heterocycles. The Hall–Kier alpha value is -1.81. The number of nitrogens with zero attached hydrogens (tertiary/aromatic N) is 2. The quantitative estimate of drug-likeness (QED) is 0.848. The molecule has 0 atom stereocenters. The average Bonchev–Trinajstić information content (AvgIpc) is 2.82. The van der Waals surface area contributed by atoms with Gasteiger partial charge in [-0.25, -0.2) is 0 Å². The van der Waals surface area contributed by atoms with Crippen LogP contribution in [0.1, 0.15) is 11.5 Å². The Morgan fingerprint density at radius 2 is 2.25 bits per heavy atom. The van der Waals surface area contributed by atoms with Crippen LogP contribution in [0.5, 0.6) is 0 Å². The molecule has 84 valence electrons. The van der Waals surface area contributed by atoms with Crippen molar-refractivity contribution in [3.63, 3.8) is 0 Å². The van der Waals surface area contributed by atoms with Crippen LogP contribution in [0, 0.1) is 0 Å². The first-order valence-electron chi connectivity index (χ1n) is 5.18. The van der Waals surface area contributed by atoms with Crippen LogP contribution in [0.2, 0.25) is 0 Å². The van der Waals surface area contributed by atoms with Crippen LogP contribution in [-0.2, 0) is 13.1 Å². The summed E-state index contributed by atoms with van der Waals surface area (Å²) < 4.78 is 5.29. The number of anilines is 1. The molecule has 0 aliphatic rings. The summed E-state index contributed by atoms with van der Waals surface area (Å²) in [6.07, 6.45) is 3.50. The molecule has 2 heterocycles. The Labute approximate surface area is 94.7 Å². The molecule has 0 fully saturated rings. The summed E-state index contributed by atoms with van der Waals surface area (Å²) in [7, 11) is 2.00. The Morgan fingerprint density at radius 1 is 1.38 bits per heavy atom. The fourth-order valence-electron chi connectivity index (χ4n) is 1.49. The van der Waals surface area contributed by atoms with Gasteiger partial charge in [-0.05, 0) is 24.3 Å². The van der Waals surface area contributed by atoms with Gasteiger partial charge in [0.15, 0.2) is 0 Å². The summed E-state index contributed by atoms with van der Waals surface area (Å²) in [6.45, 7) is 1.21. The van der Waals surface area contributed by atoms with E-state index in [9.17, 15) is 0 Å². The van der Waals surface area contributed by atoms with Crippen LogP contribution < -0.4 is 10.6 Å². The van der Waals surface area contributed by atoms with Gasteiger partial charge in [0.2, 0.25) is 0 Å². The van der Waals surface area contributed by atoms with Crippen LogP contribution in [0.3, 0.4) is 0 Å². The molecule has 4 nitrogen and oxygen atoms in total. The molecule has 2 rings (SSSR count). The Morgan fingerprint density at radius 3 is 2.81 bits per heavy atom. The Balaban J connectivity index is 2.05. The van der Waals surface area contributed by atoms with Crippen LogP contribution in [0.15, 0.2) is 41.1 Å². The van der Waals surface area contributed by atoms with Crippen LogP contribution in [-0.4, -0.2) is 12.0 Å². The SMILES string of the molecule is CN(Cc1ccco1)c1ccc(CN)nc1. The van der Waals surface area contributed by atoms with Crippen LogP contribution in [0.25, 0.3) is 0 Å². The number of hydrogen-bond acceptors (Lipinski definition) is 4. The molecule has 2 N–H and O–H groups in total. The molecule has 0 aliphatic heterocycles. The third-order valence-electron chi connectivity index (χ3n) is 2.43. The second-order valence-corrected chi connectivity index (χ2v) is 3.65. The van der Waals surface area contributed by atoms with E-state index in [1.54, 1.807) is 6.26 Å². The fraction of sp³-hybridized carbons (Fsp3) is 0.250. The maximum absolute atomic E-state index is 5.49. The molecule has 0 aromatic carbocycles. The minimum Gasteiger partial charge on any atom is -0.467 e. The number of hydrogen-bond donors (Lipinski definition) is 1. The minimum atomic E-state index is 0.474. The van der Waals surface area contributed by atoms with Crippen molar-refractivity contribution in [2.75, 3.05) is 11.9 Å². The van der Waals surface area contributed by atoms with Gasteiger partial charge in [-0.2, -0.15) is 0 Å². The van der Waals surface area contributed by atoms with Gasteiger partial charge >= 0.3 is 0 Å². The molecular weight excluding hydrogens is 202 g/mol. The molecular formula is C12H15N3O. The van der Waals surface area contributed by atoms with Gasteiger partial charge < -0.3 is 15.1 Å². The van der Waals surface area contributed by atoms with Gasteiger partial charge in [-0.3, -0.25) is 4.98 Å². The van der Waals surface area contributed by atoms with Gasteiger partial charge in [-0.1, -0.05) is 0 Å². The van der Waals surface area contributed by atoms with Crippen molar-refractivity contribution in [3.05, 3.63) is 48.2 Å². The molecule has 16 heavy (non-hydrogen) atoms. The lowest BCUT2D eigenvalue weighted by Gasteiger charge is -2.17. The number of furan rings is 1. The lowest BCUT2D eigenvalue weighted by atomic mass is 10.3. The standard InChI is InChI=1S/C12H15N3O/c1-15(9-12-3-2-6-16-12)11-5-4-10(7-13)14-8-11/h2-6,8H,7,9,13H2,1H3. The largest absolute Gasteiger partial charge is 0.467 e. The van der Waals surface area contributed by atoms with Crippen molar-refractivity contribution >= 4 is 5.69 Å². The number of pyridine rings is 1. The van der Waals surface area contributed by atoms with E-state index in [-0.39, 0.29) is 0 Å². The summed E-state index contributed by atoms with van der Waals surface area (Å²) in [4.78, 5) is 6.33. The fourth-order valence-corrected chi connectivity index (χ4v) is 1.49. The monoisotopic (exact) mass is 217 g/mol. The second kappa shape index (κ2) is 4.81. The van der Waals surface area contributed by atoms with Crippen molar-refractivity contribution in [2.45, 2.75) is 13.1 Å². The predicted molar refractivity (Wildman–Crippen MR) is 62.9 cm³/mol. The van der Waals surface area contributed by atoms with Gasteiger partial charge in [0.1, 0.15) is 5.76 Å². The highest BCUT2D eigenvalue weighted by molar-refractivity contribution is 5.43. The first-order valence-corrected chi connectivity index (χ1v) is 5.18. The minimum absolute atomic E-state index is 0.474. The lowest BCUT2D eigenvalue weighted by Crippen LogP contribution is -2.16. The van der Waals surface area contributed by atoms with Crippen molar-refractivity contribution in [1.29, 1.82) is 0 Å². The zero-order valence-electron chi connectivity index (χ0n) is 9.26. The molecule has 0 bridgehead atoms. The van der Waals surface area contributed by atoms with Crippen molar-refractivity contribution in [3.8, 4) is 0 Å². The zero-order chi connectivity index (χ0) is 11.4.